The number of amides is 1. The Labute approximate surface area is 158 Å². The number of rotatable bonds is 5. The van der Waals surface area contributed by atoms with Crippen LogP contribution in [-0.2, 0) is 16.0 Å². The van der Waals surface area contributed by atoms with E-state index >= 15 is 0 Å². The van der Waals surface area contributed by atoms with Gasteiger partial charge < -0.3 is 14.8 Å². The van der Waals surface area contributed by atoms with E-state index in [1.807, 2.05) is 36.4 Å². The van der Waals surface area contributed by atoms with Gasteiger partial charge in [-0.2, -0.15) is 0 Å². The van der Waals surface area contributed by atoms with Crippen LogP contribution in [0.3, 0.4) is 0 Å². The van der Waals surface area contributed by atoms with Gasteiger partial charge in [0.25, 0.3) is 0 Å². The summed E-state index contributed by atoms with van der Waals surface area (Å²) >= 11 is 0. The van der Waals surface area contributed by atoms with E-state index in [1.54, 1.807) is 6.92 Å². The third-order valence-electron chi connectivity index (χ3n) is 5.22. The lowest BCUT2D eigenvalue weighted by molar-refractivity contribution is -0.125. The molecule has 0 aliphatic carbocycles. The predicted molar refractivity (Wildman–Crippen MR) is 102 cm³/mol. The van der Waals surface area contributed by atoms with Gasteiger partial charge in [-0.15, -0.1) is 0 Å². The standard InChI is InChI=1S/C22H23NO4/c1-14(24)19-4-2-3-5-20(19)15-6-7-21-17(10-15)11-18(27-21)12-23-22(25)16-8-9-26-13-16/h2-7,10,16,18H,8-9,11-13H2,1H3,(H,23,25). The molecule has 2 aliphatic rings. The van der Waals surface area contributed by atoms with Crippen LogP contribution in [0.2, 0.25) is 0 Å². The topological polar surface area (TPSA) is 64.6 Å². The van der Waals surface area contributed by atoms with E-state index in [0.29, 0.717) is 19.8 Å². The number of Topliss-reactive ketones (excluding diaryl/α,β-unsaturated/α-hetero) is 1. The molecule has 2 aliphatic heterocycles. The molecule has 4 rings (SSSR count). The van der Waals surface area contributed by atoms with E-state index < -0.39 is 0 Å². The van der Waals surface area contributed by atoms with Crippen LogP contribution >= 0.6 is 0 Å². The van der Waals surface area contributed by atoms with E-state index in [9.17, 15) is 9.59 Å². The fraction of sp³-hybridized carbons (Fsp3) is 0.364. The maximum absolute atomic E-state index is 12.1. The van der Waals surface area contributed by atoms with E-state index in [-0.39, 0.29) is 23.7 Å². The molecule has 1 N–H and O–H groups in total. The predicted octanol–water partition coefficient (Wildman–Crippen LogP) is 3.01. The molecular weight excluding hydrogens is 342 g/mol. The summed E-state index contributed by atoms with van der Waals surface area (Å²) in [5.74, 6) is 0.910. The Morgan fingerprint density at radius 2 is 2.04 bits per heavy atom. The number of benzene rings is 2. The number of hydrogen-bond acceptors (Lipinski definition) is 4. The lowest BCUT2D eigenvalue weighted by atomic mass is 9.95. The SMILES string of the molecule is CC(=O)c1ccccc1-c1ccc2c(c1)CC(CNC(=O)C1CCOC1)O2. The minimum absolute atomic E-state index is 0.0385. The molecule has 2 atom stereocenters. The highest BCUT2D eigenvalue weighted by Gasteiger charge is 2.27. The van der Waals surface area contributed by atoms with Gasteiger partial charge in [-0.1, -0.05) is 30.3 Å². The summed E-state index contributed by atoms with van der Waals surface area (Å²) in [4.78, 5) is 24.0. The lowest BCUT2D eigenvalue weighted by Gasteiger charge is -2.14. The van der Waals surface area contributed by atoms with Gasteiger partial charge in [-0.25, -0.2) is 0 Å². The molecule has 0 radical (unpaired) electrons. The number of carbonyl (C=O) groups excluding carboxylic acids is 2. The van der Waals surface area contributed by atoms with E-state index in [2.05, 4.69) is 11.4 Å². The van der Waals surface area contributed by atoms with Crippen LogP contribution < -0.4 is 10.1 Å². The monoisotopic (exact) mass is 365 g/mol. The molecule has 0 aromatic heterocycles. The summed E-state index contributed by atoms with van der Waals surface area (Å²) in [5.41, 5.74) is 3.77. The van der Waals surface area contributed by atoms with Crippen LogP contribution in [0.4, 0.5) is 0 Å². The van der Waals surface area contributed by atoms with Crippen molar-refractivity contribution < 1.29 is 19.1 Å². The van der Waals surface area contributed by atoms with Crippen LogP contribution in [0.5, 0.6) is 5.75 Å². The van der Waals surface area contributed by atoms with Crippen LogP contribution in [-0.4, -0.2) is 37.6 Å². The number of nitrogens with one attached hydrogen (secondary N) is 1. The van der Waals surface area contributed by atoms with Crippen LogP contribution in [0.1, 0.15) is 29.3 Å². The van der Waals surface area contributed by atoms with Crippen molar-refractivity contribution in [2.24, 2.45) is 5.92 Å². The number of ketones is 1. The van der Waals surface area contributed by atoms with Crippen LogP contribution in [0.25, 0.3) is 11.1 Å². The van der Waals surface area contributed by atoms with Gasteiger partial charge in [0.05, 0.1) is 19.1 Å². The Morgan fingerprint density at radius 1 is 1.19 bits per heavy atom. The first-order valence-corrected chi connectivity index (χ1v) is 9.37. The molecule has 2 aromatic rings. The Bertz CT molecular complexity index is 870. The van der Waals surface area contributed by atoms with Crippen molar-refractivity contribution in [3.05, 3.63) is 53.6 Å². The summed E-state index contributed by atoms with van der Waals surface area (Å²) in [6.45, 7) is 3.25. The fourth-order valence-corrected chi connectivity index (χ4v) is 3.74. The summed E-state index contributed by atoms with van der Waals surface area (Å²) < 4.78 is 11.2. The molecule has 0 bridgehead atoms. The maximum Gasteiger partial charge on any atom is 0.225 e. The van der Waals surface area contributed by atoms with Gasteiger partial charge in [-0.3, -0.25) is 9.59 Å². The highest BCUT2D eigenvalue weighted by Crippen LogP contribution is 2.34. The number of carbonyl (C=O) groups is 2. The third kappa shape index (κ3) is 3.74. The van der Waals surface area contributed by atoms with Crippen molar-refractivity contribution in [2.75, 3.05) is 19.8 Å². The Hall–Kier alpha value is -2.66. The van der Waals surface area contributed by atoms with E-state index in [4.69, 9.17) is 9.47 Å². The Balaban J connectivity index is 1.44. The summed E-state index contributed by atoms with van der Waals surface area (Å²) in [7, 11) is 0. The van der Waals surface area contributed by atoms with Crippen molar-refractivity contribution >= 4 is 11.7 Å². The smallest absolute Gasteiger partial charge is 0.225 e. The van der Waals surface area contributed by atoms with Crippen molar-refractivity contribution in [2.45, 2.75) is 25.9 Å². The Kier molecular flexibility index (Phi) is 4.94. The molecule has 2 aromatic carbocycles. The van der Waals surface area contributed by atoms with Gasteiger partial charge in [0.15, 0.2) is 5.78 Å². The minimum Gasteiger partial charge on any atom is -0.488 e. The normalized spacial score (nSPS) is 20.8. The molecule has 0 saturated carbocycles. The maximum atomic E-state index is 12.1. The molecule has 2 heterocycles. The van der Waals surface area contributed by atoms with Gasteiger partial charge in [0.2, 0.25) is 5.91 Å². The average molecular weight is 365 g/mol. The summed E-state index contributed by atoms with van der Waals surface area (Å²) in [6, 6.07) is 13.7. The number of hydrogen-bond donors (Lipinski definition) is 1. The molecule has 5 nitrogen and oxygen atoms in total. The zero-order chi connectivity index (χ0) is 18.8. The number of fused-ring (bicyclic) bond motifs is 1. The molecule has 140 valence electrons. The fourth-order valence-electron chi connectivity index (χ4n) is 3.74. The molecule has 27 heavy (non-hydrogen) atoms. The molecule has 0 spiro atoms. The van der Waals surface area contributed by atoms with Gasteiger partial charge in [0, 0.05) is 18.6 Å². The first kappa shape index (κ1) is 17.7. The molecule has 5 heteroatoms. The largest absolute Gasteiger partial charge is 0.488 e. The van der Waals surface area contributed by atoms with Crippen molar-refractivity contribution in [3.63, 3.8) is 0 Å². The van der Waals surface area contributed by atoms with Crippen LogP contribution in [0, 0.1) is 5.92 Å². The van der Waals surface area contributed by atoms with Crippen LogP contribution in [0.15, 0.2) is 42.5 Å². The molecule has 1 fully saturated rings. The van der Waals surface area contributed by atoms with E-state index in [0.717, 1.165) is 40.8 Å². The second kappa shape index (κ2) is 7.53. The highest BCUT2D eigenvalue weighted by molar-refractivity contribution is 6.00. The lowest BCUT2D eigenvalue weighted by Crippen LogP contribution is -2.38. The number of ether oxygens (including phenoxy) is 2. The second-order valence-electron chi connectivity index (χ2n) is 7.17. The minimum atomic E-state index is -0.0652. The Morgan fingerprint density at radius 3 is 2.81 bits per heavy atom. The zero-order valence-electron chi connectivity index (χ0n) is 15.4. The second-order valence-corrected chi connectivity index (χ2v) is 7.17. The third-order valence-corrected chi connectivity index (χ3v) is 5.22. The molecular formula is C22H23NO4. The quantitative estimate of drug-likeness (QED) is 0.828. The first-order valence-electron chi connectivity index (χ1n) is 9.37. The summed E-state index contributed by atoms with van der Waals surface area (Å²) in [6.07, 6.45) is 1.47. The van der Waals surface area contributed by atoms with Gasteiger partial charge in [-0.05, 0) is 42.2 Å². The zero-order valence-corrected chi connectivity index (χ0v) is 15.4. The molecule has 1 amide bonds. The first-order chi connectivity index (χ1) is 13.1. The highest BCUT2D eigenvalue weighted by atomic mass is 16.5. The molecule has 1 saturated heterocycles. The van der Waals surface area contributed by atoms with Gasteiger partial charge >= 0.3 is 0 Å². The van der Waals surface area contributed by atoms with Crippen molar-refractivity contribution in [1.29, 1.82) is 0 Å². The van der Waals surface area contributed by atoms with Crippen molar-refractivity contribution in [3.8, 4) is 16.9 Å². The summed E-state index contributed by atoms with van der Waals surface area (Å²) in [5, 5.41) is 2.98. The molecule has 2 unspecified atom stereocenters. The average Bonchev–Trinajstić information content (AvgIpc) is 3.35. The van der Waals surface area contributed by atoms with Gasteiger partial charge in [0.1, 0.15) is 11.9 Å². The van der Waals surface area contributed by atoms with E-state index in [1.165, 1.54) is 0 Å². The van der Waals surface area contributed by atoms with Crippen molar-refractivity contribution in [1.82, 2.24) is 5.32 Å².